The standard InChI is InChI=1S/C14H15BrCl3N3/c1-3-11-13(18)12(21(4-2)20-11)7-19-14-9(16)5-8(15)6-10(14)17/h5-6,19H,3-4,7H2,1-2H3. The first-order valence-electron chi connectivity index (χ1n) is 6.60. The summed E-state index contributed by atoms with van der Waals surface area (Å²) in [7, 11) is 0. The molecule has 1 aromatic heterocycles. The molecular weight excluding hydrogens is 396 g/mol. The van der Waals surface area contributed by atoms with Crippen molar-refractivity contribution in [2.24, 2.45) is 0 Å². The zero-order valence-corrected chi connectivity index (χ0v) is 15.5. The molecule has 0 aliphatic rings. The predicted octanol–water partition coefficient (Wildman–Crippen LogP) is 5.80. The molecule has 0 aliphatic carbocycles. The van der Waals surface area contributed by atoms with E-state index in [2.05, 4.69) is 26.3 Å². The topological polar surface area (TPSA) is 29.9 Å². The van der Waals surface area contributed by atoms with E-state index in [4.69, 9.17) is 34.8 Å². The molecule has 2 aromatic rings. The summed E-state index contributed by atoms with van der Waals surface area (Å²) in [4.78, 5) is 0. The van der Waals surface area contributed by atoms with Crippen LogP contribution in [0.25, 0.3) is 0 Å². The van der Waals surface area contributed by atoms with Crippen molar-refractivity contribution < 1.29 is 0 Å². The van der Waals surface area contributed by atoms with Crippen LogP contribution < -0.4 is 5.32 Å². The Hall–Kier alpha value is -0.420. The molecule has 0 fully saturated rings. The minimum atomic E-state index is 0.515. The smallest absolute Gasteiger partial charge is 0.0868 e. The van der Waals surface area contributed by atoms with Gasteiger partial charge >= 0.3 is 0 Å². The molecule has 0 radical (unpaired) electrons. The third-order valence-electron chi connectivity index (χ3n) is 3.13. The fourth-order valence-corrected chi connectivity index (χ4v) is 3.75. The molecule has 0 saturated heterocycles. The van der Waals surface area contributed by atoms with Crippen LogP contribution in [0.3, 0.4) is 0 Å². The van der Waals surface area contributed by atoms with E-state index in [-0.39, 0.29) is 0 Å². The number of halogens is 4. The Morgan fingerprint density at radius 1 is 1.19 bits per heavy atom. The predicted molar refractivity (Wildman–Crippen MR) is 93.8 cm³/mol. The lowest BCUT2D eigenvalue weighted by molar-refractivity contribution is 0.619. The summed E-state index contributed by atoms with van der Waals surface area (Å²) >= 11 is 22.2. The number of anilines is 1. The van der Waals surface area contributed by atoms with Gasteiger partial charge in [0.2, 0.25) is 0 Å². The number of rotatable bonds is 5. The zero-order valence-electron chi connectivity index (χ0n) is 11.7. The second-order valence-corrected chi connectivity index (χ2v) is 6.58. The average molecular weight is 412 g/mol. The number of aryl methyl sites for hydroxylation is 2. The molecular formula is C14H15BrCl3N3. The van der Waals surface area contributed by atoms with Crippen molar-refractivity contribution >= 4 is 56.4 Å². The Bertz CT molecular complexity index is 632. The van der Waals surface area contributed by atoms with Gasteiger partial charge < -0.3 is 5.32 Å². The number of nitrogens with one attached hydrogen (secondary N) is 1. The first-order valence-corrected chi connectivity index (χ1v) is 8.53. The molecule has 0 unspecified atom stereocenters. The summed E-state index contributed by atoms with van der Waals surface area (Å²) in [6.45, 7) is 5.35. The number of benzene rings is 1. The zero-order chi connectivity index (χ0) is 15.6. The number of nitrogens with zero attached hydrogens (tertiary/aromatic N) is 2. The third-order valence-corrected chi connectivity index (χ3v) is 4.62. The first-order chi connectivity index (χ1) is 9.97. The van der Waals surface area contributed by atoms with Gasteiger partial charge in [-0.05, 0) is 25.5 Å². The fraction of sp³-hybridized carbons (Fsp3) is 0.357. The van der Waals surface area contributed by atoms with Crippen molar-refractivity contribution in [1.82, 2.24) is 9.78 Å². The monoisotopic (exact) mass is 409 g/mol. The molecule has 1 N–H and O–H groups in total. The highest BCUT2D eigenvalue weighted by atomic mass is 79.9. The first kappa shape index (κ1) is 16.9. The van der Waals surface area contributed by atoms with E-state index >= 15 is 0 Å². The van der Waals surface area contributed by atoms with Crippen LogP contribution in [-0.2, 0) is 19.5 Å². The van der Waals surface area contributed by atoms with Crippen LogP contribution >= 0.6 is 50.7 Å². The molecule has 1 aromatic carbocycles. The highest BCUT2D eigenvalue weighted by Crippen LogP contribution is 2.34. The third kappa shape index (κ3) is 3.67. The van der Waals surface area contributed by atoms with Crippen molar-refractivity contribution in [1.29, 1.82) is 0 Å². The van der Waals surface area contributed by atoms with Crippen LogP contribution in [0.5, 0.6) is 0 Å². The van der Waals surface area contributed by atoms with E-state index in [0.717, 1.165) is 28.8 Å². The van der Waals surface area contributed by atoms with Crippen molar-refractivity contribution in [3.63, 3.8) is 0 Å². The minimum Gasteiger partial charge on any atom is -0.377 e. The highest BCUT2D eigenvalue weighted by Gasteiger charge is 2.15. The Morgan fingerprint density at radius 3 is 2.33 bits per heavy atom. The molecule has 0 atom stereocenters. The molecule has 0 amide bonds. The minimum absolute atomic E-state index is 0.515. The quantitative estimate of drug-likeness (QED) is 0.674. The van der Waals surface area contributed by atoms with E-state index in [1.807, 2.05) is 18.5 Å². The van der Waals surface area contributed by atoms with E-state index in [1.165, 1.54) is 0 Å². The van der Waals surface area contributed by atoms with Crippen molar-refractivity contribution in [3.8, 4) is 0 Å². The normalized spacial score (nSPS) is 11.0. The Labute approximate surface area is 147 Å². The van der Waals surface area contributed by atoms with Crippen molar-refractivity contribution in [3.05, 3.63) is 43.1 Å². The van der Waals surface area contributed by atoms with Gasteiger partial charge in [-0.15, -0.1) is 0 Å². The van der Waals surface area contributed by atoms with Crippen molar-refractivity contribution in [2.45, 2.75) is 33.4 Å². The summed E-state index contributed by atoms with van der Waals surface area (Å²) in [6.07, 6.45) is 0.804. The number of hydrogen-bond donors (Lipinski definition) is 1. The van der Waals surface area contributed by atoms with E-state index in [9.17, 15) is 0 Å². The maximum absolute atomic E-state index is 6.38. The summed E-state index contributed by atoms with van der Waals surface area (Å²) < 4.78 is 2.74. The summed E-state index contributed by atoms with van der Waals surface area (Å²) in [5.41, 5.74) is 2.54. The average Bonchev–Trinajstić information content (AvgIpc) is 2.73. The molecule has 2 rings (SSSR count). The molecule has 21 heavy (non-hydrogen) atoms. The second-order valence-electron chi connectivity index (χ2n) is 4.47. The lowest BCUT2D eigenvalue weighted by Crippen LogP contribution is -2.09. The van der Waals surface area contributed by atoms with Crippen LogP contribution in [0.4, 0.5) is 5.69 Å². The Balaban J connectivity index is 2.26. The molecule has 0 bridgehead atoms. The van der Waals surface area contributed by atoms with Crippen LogP contribution in [0.2, 0.25) is 15.1 Å². The van der Waals surface area contributed by atoms with Gasteiger partial charge in [0, 0.05) is 11.0 Å². The van der Waals surface area contributed by atoms with Gasteiger partial charge in [-0.3, -0.25) is 4.68 Å². The summed E-state index contributed by atoms with van der Waals surface area (Å²) in [6, 6.07) is 3.60. The lowest BCUT2D eigenvalue weighted by atomic mass is 10.2. The number of hydrogen-bond acceptors (Lipinski definition) is 2. The van der Waals surface area contributed by atoms with Gasteiger partial charge in [-0.25, -0.2) is 0 Å². The Kier molecular flexibility index (Phi) is 5.83. The van der Waals surface area contributed by atoms with Gasteiger partial charge in [0.15, 0.2) is 0 Å². The van der Waals surface area contributed by atoms with Crippen LogP contribution in [0, 0.1) is 0 Å². The molecule has 1 heterocycles. The second kappa shape index (κ2) is 7.23. The van der Waals surface area contributed by atoms with Gasteiger partial charge in [0.25, 0.3) is 0 Å². The highest BCUT2D eigenvalue weighted by molar-refractivity contribution is 9.10. The molecule has 3 nitrogen and oxygen atoms in total. The fourth-order valence-electron chi connectivity index (χ4n) is 2.07. The molecule has 114 valence electrons. The van der Waals surface area contributed by atoms with E-state index in [0.29, 0.717) is 27.3 Å². The van der Waals surface area contributed by atoms with Gasteiger partial charge in [0.1, 0.15) is 0 Å². The molecule has 0 spiro atoms. The largest absolute Gasteiger partial charge is 0.377 e. The van der Waals surface area contributed by atoms with Crippen molar-refractivity contribution in [2.75, 3.05) is 5.32 Å². The lowest BCUT2D eigenvalue weighted by Gasteiger charge is -2.12. The summed E-state index contributed by atoms with van der Waals surface area (Å²) in [5.74, 6) is 0. The van der Waals surface area contributed by atoms with Gasteiger partial charge in [-0.2, -0.15) is 5.10 Å². The van der Waals surface area contributed by atoms with E-state index < -0.39 is 0 Å². The van der Waals surface area contributed by atoms with Gasteiger partial charge in [0.05, 0.1) is 38.7 Å². The van der Waals surface area contributed by atoms with Crippen LogP contribution in [0.15, 0.2) is 16.6 Å². The maximum Gasteiger partial charge on any atom is 0.0868 e. The number of aromatic nitrogens is 2. The molecule has 7 heteroatoms. The van der Waals surface area contributed by atoms with E-state index in [1.54, 1.807) is 12.1 Å². The Morgan fingerprint density at radius 2 is 1.81 bits per heavy atom. The van der Waals surface area contributed by atoms with Gasteiger partial charge in [-0.1, -0.05) is 57.7 Å². The maximum atomic E-state index is 6.38. The molecule has 0 aliphatic heterocycles. The molecule has 0 saturated carbocycles. The van der Waals surface area contributed by atoms with Crippen LogP contribution in [-0.4, -0.2) is 9.78 Å². The van der Waals surface area contributed by atoms with Crippen LogP contribution in [0.1, 0.15) is 25.2 Å². The SMILES string of the molecule is CCc1nn(CC)c(CNc2c(Cl)cc(Br)cc2Cl)c1Cl. The summed E-state index contributed by atoms with van der Waals surface area (Å²) in [5, 5.41) is 9.56.